The van der Waals surface area contributed by atoms with Gasteiger partial charge in [-0.25, -0.2) is 0 Å². The van der Waals surface area contributed by atoms with Gasteiger partial charge in [0.1, 0.15) is 0 Å². The van der Waals surface area contributed by atoms with Crippen LogP contribution in [0.5, 0.6) is 0 Å². The molecule has 2 aliphatic heterocycles. The molecule has 2 saturated heterocycles. The van der Waals surface area contributed by atoms with Crippen molar-refractivity contribution in [1.82, 2.24) is 15.1 Å². The fourth-order valence-electron chi connectivity index (χ4n) is 3.56. The molecule has 98 valence electrons. The first-order chi connectivity index (χ1) is 8.33. The molecule has 0 spiro atoms. The van der Waals surface area contributed by atoms with Crippen molar-refractivity contribution in [3.05, 3.63) is 0 Å². The van der Waals surface area contributed by atoms with Crippen LogP contribution in [0, 0.1) is 5.92 Å². The molecule has 1 aliphatic carbocycles. The average Bonchev–Trinajstić information content (AvgIpc) is 3.15. The predicted octanol–water partition coefficient (Wildman–Crippen LogP) is 1.15. The fraction of sp³-hybridized carbons (Fsp3) is 1.00. The maximum atomic E-state index is 3.77. The third-order valence-corrected chi connectivity index (χ3v) is 4.77. The van der Waals surface area contributed by atoms with Gasteiger partial charge in [-0.15, -0.1) is 0 Å². The molecule has 2 heterocycles. The van der Waals surface area contributed by atoms with Crippen LogP contribution in [0.25, 0.3) is 0 Å². The zero-order valence-electron chi connectivity index (χ0n) is 11.2. The summed E-state index contributed by atoms with van der Waals surface area (Å²) in [5, 5.41) is 3.77. The number of likely N-dealkylation sites (N-methyl/N-ethyl adjacent to an activating group) is 1. The van der Waals surface area contributed by atoms with Crippen molar-refractivity contribution in [3.63, 3.8) is 0 Å². The number of piperidine rings is 1. The summed E-state index contributed by atoms with van der Waals surface area (Å²) in [4.78, 5) is 5.30. The fourth-order valence-corrected chi connectivity index (χ4v) is 3.56. The maximum Gasteiger partial charge on any atom is 0.0224 e. The van der Waals surface area contributed by atoms with Gasteiger partial charge in [-0.3, -0.25) is 4.90 Å². The number of nitrogens with one attached hydrogen (secondary N) is 1. The molecule has 0 aromatic rings. The van der Waals surface area contributed by atoms with Crippen LogP contribution in [0.4, 0.5) is 0 Å². The Morgan fingerprint density at radius 3 is 2.65 bits per heavy atom. The highest BCUT2D eigenvalue weighted by molar-refractivity contribution is 4.92. The van der Waals surface area contributed by atoms with Crippen molar-refractivity contribution >= 4 is 0 Å². The van der Waals surface area contributed by atoms with E-state index >= 15 is 0 Å². The Morgan fingerprint density at radius 2 is 1.88 bits per heavy atom. The second-order valence-electron chi connectivity index (χ2n) is 6.30. The molecular formula is C14H27N3. The highest BCUT2D eigenvalue weighted by atomic mass is 15.2. The monoisotopic (exact) mass is 237 g/mol. The van der Waals surface area contributed by atoms with Crippen molar-refractivity contribution in [2.45, 2.75) is 44.2 Å². The van der Waals surface area contributed by atoms with E-state index in [1.165, 1.54) is 64.8 Å². The van der Waals surface area contributed by atoms with Crippen LogP contribution < -0.4 is 5.32 Å². The van der Waals surface area contributed by atoms with Crippen LogP contribution in [0.2, 0.25) is 0 Å². The molecule has 0 bridgehead atoms. The van der Waals surface area contributed by atoms with Gasteiger partial charge in [-0.2, -0.15) is 0 Å². The Balaban J connectivity index is 1.59. The van der Waals surface area contributed by atoms with E-state index in [1.807, 2.05) is 0 Å². The smallest absolute Gasteiger partial charge is 0.0224 e. The van der Waals surface area contributed by atoms with Crippen LogP contribution in [0.3, 0.4) is 0 Å². The lowest BCUT2D eigenvalue weighted by atomic mass is 10.0. The molecule has 0 aromatic carbocycles. The third kappa shape index (κ3) is 3.01. The molecule has 0 aromatic heterocycles. The maximum absolute atomic E-state index is 3.77. The zero-order chi connectivity index (χ0) is 11.7. The van der Waals surface area contributed by atoms with E-state index in [1.54, 1.807) is 0 Å². The summed E-state index contributed by atoms with van der Waals surface area (Å²) >= 11 is 0. The van der Waals surface area contributed by atoms with Gasteiger partial charge >= 0.3 is 0 Å². The van der Waals surface area contributed by atoms with Gasteiger partial charge in [0, 0.05) is 25.2 Å². The van der Waals surface area contributed by atoms with Crippen molar-refractivity contribution in [1.29, 1.82) is 0 Å². The number of nitrogens with zero attached hydrogens (tertiary/aromatic N) is 2. The molecule has 0 radical (unpaired) electrons. The van der Waals surface area contributed by atoms with Crippen LogP contribution in [0.15, 0.2) is 0 Å². The Kier molecular flexibility index (Phi) is 3.69. The number of hydrogen-bond donors (Lipinski definition) is 1. The molecule has 2 unspecified atom stereocenters. The number of rotatable bonds is 2. The van der Waals surface area contributed by atoms with Crippen LogP contribution in [0.1, 0.15) is 32.1 Å². The lowest BCUT2D eigenvalue weighted by Crippen LogP contribution is -2.50. The Bertz CT molecular complexity index is 252. The van der Waals surface area contributed by atoms with Gasteiger partial charge in [0.25, 0.3) is 0 Å². The first-order valence-electron chi connectivity index (χ1n) is 7.49. The van der Waals surface area contributed by atoms with Crippen molar-refractivity contribution in [2.75, 3.05) is 39.8 Å². The molecule has 1 N–H and O–H groups in total. The van der Waals surface area contributed by atoms with Crippen molar-refractivity contribution in [2.24, 2.45) is 5.92 Å². The van der Waals surface area contributed by atoms with E-state index in [-0.39, 0.29) is 0 Å². The van der Waals surface area contributed by atoms with Gasteiger partial charge in [0.2, 0.25) is 0 Å². The normalized spacial score (nSPS) is 37.9. The molecule has 1 saturated carbocycles. The Labute approximate surface area is 106 Å². The zero-order valence-corrected chi connectivity index (χ0v) is 11.2. The van der Waals surface area contributed by atoms with Gasteiger partial charge < -0.3 is 10.2 Å². The van der Waals surface area contributed by atoms with E-state index in [4.69, 9.17) is 0 Å². The quantitative estimate of drug-likeness (QED) is 0.777. The summed E-state index contributed by atoms with van der Waals surface area (Å²) in [6.45, 7) is 6.45. The second kappa shape index (κ2) is 5.25. The van der Waals surface area contributed by atoms with Crippen LogP contribution in [-0.4, -0.2) is 61.7 Å². The molecule has 3 nitrogen and oxygen atoms in total. The number of hydrogen-bond acceptors (Lipinski definition) is 3. The second-order valence-corrected chi connectivity index (χ2v) is 6.30. The van der Waals surface area contributed by atoms with Gasteiger partial charge in [0.15, 0.2) is 0 Å². The lowest BCUT2D eigenvalue weighted by molar-refractivity contribution is 0.108. The van der Waals surface area contributed by atoms with Gasteiger partial charge in [0.05, 0.1) is 0 Å². The summed E-state index contributed by atoms with van der Waals surface area (Å²) in [6, 6.07) is 1.62. The van der Waals surface area contributed by atoms with E-state index in [2.05, 4.69) is 22.2 Å². The minimum Gasteiger partial charge on any atom is -0.312 e. The summed E-state index contributed by atoms with van der Waals surface area (Å²) < 4.78 is 0. The first kappa shape index (κ1) is 11.9. The Hall–Kier alpha value is -0.120. The largest absolute Gasteiger partial charge is 0.312 e. The Morgan fingerprint density at radius 1 is 1.00 bits per heavy atom. The standard InChI is InChI=1S/C14H27N3/c1-16-8-2-4-13(10-16)17-9-3-7-15-14(11-17)12-5-6-12/h12-15H,2-11H2,1H3. The van der Waals surface area contributed by atoms with Crippen LogP contribution in [-0.2, 0) is 0 Å². The molecular weight excluding hydrogens is 210 g/mol. The summed E-state index contributed by atoms with van der Waals surface area (Å²) in [5.41, 5.74) is 0. The summed E-state index contributed by atoms with van der Waals surface area (Å²) in [6.07, 6.45) is 7.08. The summed E-state index contributed by atoms with van der Waals surface area (Å²) in [7, 11) is 2.28. The minimum atomic E-state index is 0.796. The highest BCUT2D eigenvalue weighted by Crippen LogP contribution is 2.34. The third-order valence-electron chi connectivity index (χ3n) is 4.77. The minimum absolute atomic E-state index is 0.796. The van der Waals surface area contributed by atoms with Gasteiger partial charge in [-0.05, 0) is 64.7 Å². The molecule has 3 heteroatoms. The molecule has 3 fully saturated rings. The van der Waals surface area contributed by atoms with E-state index in [0.717, 1.165) is 18.0 Å². The molecule has 3 rings (SSSR count). The summed E-state index contributed by atoms with van der Waals surface area (Å²) in [5.74, 6) is 0.997. The highest BCUT2D eigenvalue weighted by Gasteiger charge is 2.35. The van der Waals surface area contributed by atoms with E-state index in [9.17, 15) is 0 Å². The molecule has 2 atom stereocenters. The number of likely N-dealkylation sites (tertiary alicyclic amines) is 1. The predicted molar refractivity (Wildman–Crippen MR) is 71.2 cm³/mol. The lowest BCUT2D eigenvalue weighted by Gasteiger charge is -2.38. The van der Waals surface area contributed by atoms with Gasteiger partial charge in [-0.1, -0.05) is 0 Å². The average molecular weight is 237 g/mol. The molecule has 17 heavy (non-hydrogen) atoms. The first-order valence-corrected chi connectivity index (χ1v) is 7.49. The van der Waals surface area contributed by atoms with E-state index in [0.29, 0.717) is 0 Å². The van der Waals surface area contributed by atoms with Crippen molar-refractivity contribution < 1.29 is 0 Å². The molecule has 3 aliphatic rings. The topological polar surface area (TPSA) is 18.5 Å². The van der Waals surface area contributed by atoms with Crippen LogP contribution >= 0.6 is 0 Å². The SMILES string of the molecule is CN1CCCC(N2CCCNC(C3CC3)C2)C1. The molecule has 0 amide bonds. The van der Waals surface area contributed by atoms with Crippen molar-refractivity contribution in [3.8, 4) is 0 Å². The van der Waals surface area contributed by atoms with E-state index < -0.39 is 0 Å².